The van der Waals surface area contributed by atoms with Gasteiger partial charge < -0.3 is 15.7 Å². The highest BCUT2D eigenvalue weighted by Crippen LogP contribution is 2.34. The van der Waals surface area contributed by atoms with Gasteiger partial charge in [-0.2, -0.15) is 13.2 Å². The molecular formula is C11H11F3N2O3. The van der Waals surface area contributed by atoms with Crippen LogP contribution >= 0.6 is 0 Å². The summed E-state index contributed by atoms with van der Waals surface area (Å²) >= 11 is 0. The molecule has 1 unspecified atom stereocenters. The van der Waals surface area contributed by atoms with Gasteiger partial charge in [-0.05, 0) is 19.1 Å². The first-order valence-electron chi connectivity index (χ1n) is 5.18. The Balaban J connectivity index is 2.83. The molecule has 1 aromatic rings. The highest BCUT2D eigenvalue weighted by Gasteiger charge is 2.33. The van der Waals surface area contributed by atoms with E-state index in [9.17, 15) is 22.8 Å². The Labute approximate surface area is 106 Å². The van der Waals surface area contributed by atoms with E-state index in [0.717, 1.165) is 12.1 Å². The summed E-state index contributed by atoms with van der Waals surface area (Å²) in [4.78, 5) is 21.8. The number of halogens is 3. The van der Waals surface area contributed by atoms with E-state index < -0.39 is 35.5 Å². The Bertz CT molecular complexity index is 488. The van der Waals surface area contributed by atoms with E-state index in [1.807, 2.05) is 10.6 Å². The van der Waals surface area contributed by atoms with E-state index in [4.69, 9.17) is 5.11 Å². The third-order valence-corrected chi connectivity index (χ3v) is 2.20. The van der Waals surface area contributed by atoms with E-state index in [1.165, 1.54) is 19.1 Å². The van der Waals surface area contributed by atoms with Crippen molar-refractivity contribution in [1.29, 1.82) is 0 Å². The number of aliphatic carboxylic acids is 1. The van der Waals surface area contributed by atoms with Crippen molar-refractivity contribution in [3.63, 3.8) is 0 Å². The first kappa shape index (κ1) is 14.8. The molecule has 0 saturated heterocycles. The van der Waals surface area contributed by atoms with E-state index in [2.05, 4.69) is 0 Å². The van der Waals surface area contributed by atoms with Crippen LogP contribution in [0.15, 0.2) is 24.3 Å². The Hall–Kier alpha value is -2.25. The van der Waals surface area contributed by atoms with Gasteiger partial charge in [0.05, 0.1) is 11.3 Å². The summed E-state index contributed by atoms with van der Waals surface area (Å²) in [6, 6.07) is 2.17. The van der Waals surface area contributed by atoms with Gasteiger partial charge in [0, 0.05) is 0 Å². The number of hydrogen-bond donors (Lipinski definition) is 3. The zero-order valence-electron chi connectivity index (χ0n) is 9.78. The van der Waals surface area contributed by atoms with Gasteiger partial charge in [-0.25, -0.2) is 4.79 Å². The maximum Gasteiger partial charge on any atom is 0.418 e. The van der Waals surface area contributed by atoms with E-state index in [1.54, 1.807) is 0 Å². The van der Waals surface area contributed by atoms with Crippen LogP contribution < -0.4 is 10.6 Å². The molecule has 1 aromatic carbocycles. The largest absolute Gasteiger partial charge is 0.480 e. The van der Waals surface area contributed by atoms with Crippen molar-refractivity contribution in [2.45, 2.75) is 19.1 Å². The van der Waals surface area contributed by atoms with Gasteiger partial charge in [0.1, 0.15) is 6.04 Å². The normalized spacial score (nSPS) is 12.6. The van der Waals surface area contributed by atoms with Crippen LogP contribution in [-0.4, -0.2) is 23.1 Å². The zero-order chi connectivity index (χ0) is 14.6. The molecule has 104 valence electrons. The number of hydrogen-bond acceptors (Lipinski definition) is 2. The monoisotopic (exact) mass is 276 g/mol. The number of benzene rings is 1. The fraction of sp³-hybridized carbons (Fsp3) is 0.273. The van der Waals surface area contributed by atoms with Crippen LogP contribution in [0, 0.1) is 0 Å². The van der Waals surface area contributed by atoms with Crippen LogP contribution in [0.1, 0.15) is 12.5 Å². The molecule has 0 spiro atoms. The SMILES string of the molecule is CC(NC(=O)Nc1ccccc1C(F)(F)F)C(=O)O. The lowest BCUT2D eigenvalue weighted by Crippen LogP contribution is -2.41. The fourth-order valence-electron chi connectivity index (χ4n) is 1.26. The average Bonchev–Trinajstić information content (AvgIpc) is 2.27. The van der Waals surface area contributed by atoms with Gasteiger partial charge in [-0.1, -0.05) is 12.1 Å². The summed E-state index contributed by atoms with van der Waals surface area (Å²) < 4.78 is 37.9. The molecule has 0 radical (unpaired) electrons. The molecule has 1 atom stereocenters. The molecule has 0 bridgehead atoms. The Morgan fingerprint density at radius 2 is 1.84 bits per heavy atom. The maximum absolute atomic E-state index is 12.6. The van der Waals surface area contributed by atoms with Crippen LogP contribution in [0.5, 0.6) is 0 Å². The second-order valence-electron chi connectivity index (χ2n) is 3.70. The molecule has 0 fully saturated rings. The number of carboxylic acids is 1. The van der Waals surface area contributed by atoms with Gasteiger partial charge in [0.15, 0.2) is 0 Å². The molecule has 3 N–H and O–H groups in total. The van der Waals surface area contributed by atoms with Crippen molar-refractivity contribution >= 4 is 17.7 Å². The molecule has 1 rings (SSSR count). The Morgan fingerprint density at radius 1 is 1.26 bits per heavy atom. The molecule has 0 saturated carbocycles. The topological polar surface area (TPSA) is 78.4 Å². The molecule has 0 heterocycles. The highest BCUT2D eigenvalue weighted by molar-refractivity contribution is 5.92. The summed E-state index contributed by atoms with van der Waals surface area (Å²) in [5, 5.41) is 12.5. The quantitative estimate of drug-likeness (QED) is 0.792. The summed E-state index contributed by atoms with van der Waals surface area (Å²) in [5.41, 5.74) is -1.45. The molecule has 5 nitrogen and oxygen atoms in total. The van der Waals surface area contributed by atoms with Gasteiger partial charge in [-0.15, -0.1) is 0 Å². The van der Waals surface area contributed by atoms with Crippen LogP contribution in [-0.2, 0) is 11.0 Å². The fourth-order valence-corrected chi connectivity index (χ4v) is 1.26. The van der Waals surface area contributed by atoms with Crippen molar-refractivity contribution in [1.82, 2.24) is 5.32 Å². The number of nitrogens with one attached hydrogen (secondary N) is 2. The van der Waals surface area contributed by atoms with Crippen LogP contribution in [0.3, 0.4) is 0 Å². The second-order valence-corrected chi connectivity index (χ2v) is 3.70. The number of amides is 2. The van der Waals surface area contributed by atoms with Crippen molar-refractivity contribution in [3.05, 3.63) is 29.8 Å². The van der Waals surface area contributed by atoms with Crippen molar-refractivity contribution in [3.8, 4) is 0 Å². The van der Waals surface area contributed by atoms with Gasteiger partial charge in [0.25, 0.3) is 0 Å². The molecule has 0 aliphatic heterocycles. The zero-order valence-corrected chi connectivity index (χ0v) is 9.78. The number of urea groups is 1. The number of anilines is 1. The maximum atomic E-state index is 12.6. The number of rotatable bonds is 3. The van der Waals surface area contributed by atoms with Crippen LogP contribution in [0.25, 0.3) is 0 Å². The minimum absolute atomic E-state index is 0.440. The van der Waals surface area contributed by atoms with E-state index >= 15 is 0 Å². The highest BCUT2D eigenvalue weighted by atomic mass is 19.4. The molecule has 19 heavy (non-hydrogen) atoms. The predicted octanol–water partition coefficient (Wildman–Crippen LogP) is 2.30. The second kappa shape index (κ2) is 5.59. The van der Waals surface area contributed by atoms with Crippen LogP contribution in [0.2, 0.25) is 0 Å². The number of carbonyl (C=O) groups is 2. The lowest BCUT2D eigenvalue weighted by Gasteiger charge is -2.15. The Morgan fingerprint density at radius 3 is 2.37 bits per heavy atom. The van der Waals surface area contributed by atoms with Crippen molar-refractivity contribution in [2.75, 3.05) is 5.32 Å². The third kappa shape index (κ3) is 4.16. The molecule has 8 heteroatoms. The molecular weight excluding hydrogens is 265 g/mol. The molecule has 2 amide bonds. The van der Waals surface area contributed by atoms with E-state index in [-0.39, 0.29) is 0 Å². The lowest BCUT2D eigenvalue weighted by atomic mass is 10.1. The Kier molecular flexibility index (Phi) is 4.36. The summed E-state index contributed by atoms with van der Waals surface area (Å²) in [6.45, 7) is 1.19. The number of alkyl halides is 3. The first-order chi connectivity index (χ1) is 8.71. The number of carbonyl (C=O) groups excluding carboxylic acids is 1. The van der Waals surface area contributed by atoms with Gasteiger partial charge >= 0.3 is 18.2 Å². The summed E-state index contributed by atoms with van der Waals surface area (Å²) in [7, 11) is 0. The van der Waals surface area contributed by atoms with Gasteiger partial charge in [0.2, 0.25) is 0 Å². The van der Waals surface area contributed by atoms with Crippen LogP contribution in [0.4, 0.5) is 23.7 Å². The number of para-hydroxylation sites is 1. The lowest BCUT2D eigenvalue weighted by molar-refractivity contribution is -0.139. The standard InChI is InChI=1S/C11H11F3N2O3/c1-6(9(17)18)15-10(19)16-8-5-3-2-4-7(8)11(12,13)14/h2-6H,1H3,(H,17,18)(H2,15,16,19). The minimum Gasteiger partial charge on any atom is -0.480 e. The van der Waals surface area contributed by atoms with Gasteiger partial charge in [-0.3, -0.25) is 4.79 Å². The number of carboxylic acid groups (broad SMARTS) is 1. The first-order valence-corrected chi connectivity index (χ1v) is 5.18. The van der Waals surface area contributed by atoms with E-state index in [0.29, 0.717) is 0 Å². The molecule has 0 aliphatic carbocycles. The smallest absolute Gasteiger partial charge is 0.418 e. The molecule has 0 aromatic heterocycles. The summed E-state index contributed by atoms with van der Waals surface area (Å²) in [6.07, 6.45) is -4.61. The van der Waals surface area contributed by atoms with Crippen molar-refractivity contribution in [2.24, 2.45) is 0 Å². The minimum atomic E-state index is -4.61. The molecule has 0 aliphatic rings. The third-order valence-electron chi connectivity index (χ3n) is 2.20. The predicted molar refractivity (Wildman–Crippen MR) is 60.7 cm³/mol. The summed E-state index contributed by atoms with van der Waals surface area (Å²) in [5.74, 6) is -1.29. The van der Waals surface area contributed by atoms with Crippen molar-refractivity contribution < 1.29 is 27.9 Å². The average molecular weight is 276 g/mol.